The van der Waals surface area contributed by atoms with Gasteiger partial charge in [0.15, 0.2) is 0 Å². The molecule has 0 aliphatic rings. The van der Waals surface area contributed by atoms with Crippen molar-refractivity contribution in [3.8, 4) is 0 Å². The summed E-state index contributed by atoms with van der Waals surface area (Å²) < 4.78 is 0. The minimum Gasteiger partial charge on any atom is -0.0984 e. The molecule has 0 saturated carbocycles. The van der Waals surface area contributed by atoms with Crippen molar-refractivity contribution in [2.45, 2.75) is 13.8 Å². The van der Waals surface area contributed by atoms with Crippen molar-refractivity contribution in [2.75, 3.05) is 0 Å². The van der Waals surface area contributed by atoms with Crippen molar-refractivity contribution in [3.05, 3.63) is 84.9 Å². The molecule has 0 spiro atoms. The Morgan fingerprint density at radius 2 is 0.962 bits per heavy atom. The lowest BCUT2D eigenvalue weighted by Gasteiger charge is -2.17. The maximum Gasteiger partial charge on any atom is -0.00201 e. The predicted molar refractivity (Wildman–Crippen MR) is 119 cm³/mol. The quantitative estimate of drug-likeness (QED) is 0.226. The average Bonchev–Trinajstić information content (AvgIpc) is 2.72. The lowest BCUT2D eigenvalue weighted by Crippen LogP contribution is -1.90. The van der Waals surface area contributed by atoms with Crippen LogP contribution in [0.4, 0.5) is 0 Å². The molecule has 0 aliphatic carbocycles. The molecule has 0 aliphatic heterocycles. The van der Waals surface area contributed by atoms with Crippen LogP contribution in [0, 0.1) is 0 Å². The SMILES string of the molecule is C=Cc1ccc2cccc3c4c(C=C)ccc5cccc(c1c23)c54.CC. The predicted octanol–water partition coefficient (Wildman–Crippen LogP) is 8.05. The van der Waals surface area contributed by atoms with Gasteiger partial charge in [0, 0.05) is 0 Å². The minimum atomic E-state index is 1.19. The Morgan fingerprint density at radius 1 is 0.538 bits per heavy atom. The third-order valence-electron chi connectivity index (χ3n) is 5.13. The highest BCUT2D eigenvalue weighted by molar-refractivity contribution is 6.35. The molecule has 5 rings (SSSR count). The molecule has 0 nitrogen and oxygen atoms in total. The first-order chi connectivity index (χ1) is 12.8. The Kier molecular flexibility index (Phi) is 3.97. The van der Waals surface area contributed by atoms with E-state index in [1.54, 1.807) is 0 Å². The van der Waals surface area contributed by atoms with Gasteiger partial charge in [-0.15, -0.1) is 0 Å². The molecule has 5 aromatic carbocycles. The van der Waals surface area contributed by atoms with Crippen LogP contribution in [0.2, 0.25) is 0 Å². The number of hydrogen-bond acceptors (Lipinski definition) is 0. The molecule has 0 amide bonds. The highest BCUT2D eigenvalue weighted by Crippen LogP contribution is 2.43. The van der Waals surface area contributed by atoms with Gasteiger partial charge in [-0.25, -0.2) is 0 Å². The van der Waals surface area contributed by atoms with E-state index in [0.717, 1.165) is 0 Å². The number of benzene rings is 5. The van der Waals surface area contributed by atoms with Crippen LogP contribution in [0.1, 0.15) is 25.0 Å². The van der Waals surface area contributed by atoms with Crippen LogP contribution >= 0.6 is 0 Å². The summed E-state index contributed by atoms with van der Waals surface area (Å²) in [7, 11) is 0. The van der Waals surface area contributed by atoms with E-state index in [-0.39, 0.29) is 0 Å². The van der Waals surface area contributed by atoms with Crippen LogP contribution < -0.4 is 0 Å². The molecule has 26 heavy (non-hydrogen) atoms. The zero-order valence-corrected chi connectivity index (χ0v) is 15.3. The second-order valence-electron chi connectivity index (χ2n) is 6.28. The topological polar surface area (TPSA) is 0 Å². The van der Waals surface area contributed by atoms with Crippen LogP contribution in [0.3, 0.4) is 0 Å². The van der Waals surface area contributed by atoms with Gasteiger partial charge in [0.2, 0.25) is 0 Å². The summed E-state index contributed by atoms with van der Waals surface area (Å²) in [6.07, 6.45) is 3.93. The molecule has 0 heterocycles. The Bertz CT molecular complexity index is 1170. The Hall–Kier alpha value is -3.12. The molecular formula is C26H22. The molecule has 0 heteroatoms. The van der Waals surface area contributed by atoms with Gasteiger partial charge in [-0.2, -0.15) is 0 Å². The zero-order valence-electron chi connectivity index (χ0n) is 15.3. The van der Waals surface area contributed by atoms with Gasteiger partial charge in [-0.1, -0.05) is 99.8 Å². The normalized spacial score (nSPS) is 11.0. The zero-order chi connectivity index (χ0) is 18.3. The van der Waals surface area contributed by atoms with Gasteiger partial charge in [0.25, 0.3) is 0 Å². The molecular weight excluding hydrogens is 312 g/mol. The fourth-order valence-corrected chi connectivity index (χ4v) is 4.13. The molecule has 0 radical (unpaired) electrons. The van der Waals surface area contributed by atoms with Gasteiger partial charge in [-0.3, -0.25) is 0 Å². The second kappa shape index (κ2) is 6.31. The van der Waals surface area contributed by atoms with E-state index < -0.39 is 0 Å². The summed E-state index contributed by atoms with van der Waals surface area (Å²) in [4.78, 5) is 0. The molecule has 0 unspecified atom stereocenters. The van der Waals surface area contributed by atoms with E-state index in [1.165, 1.54) is 54.2 Å². The van der Waals surface area contributed by atoms with Crippen molar-refractivity contribution in [1.82, 2.24) is 0 Å². The Balaban J connectivity index is 0.000000814. The maximum absolute atomic E-state index is 4.04. The Morgan fingerprint density at radius 3 is 1.35 bits per heavy atom. The molecule has 5 aromatic rings. The van der Waals surface area contributed by atoms with Crippen molar-refractivity contribution < 1.29 is 0 Å². The number of hydrogen-bond donors (Lipinski definition) is 0. The Labute approximate surface area is 154 Å². The first-order valence-electron chi connectivity index (χ1n) is 9.20. The molecule has 0 fully saturated rings. The fraction of sp³-hybridized carbons (Fsp3) is 0.0769. The van der Waals surface area contributed by atoms with E-state index in [2.05, 4.69) is 73.8 Å². The monoisotopic (exact) mass is 334 g/mol. The van der Waals surface area contributed by atoms with Crippen LogP contribution in [0.15, 0.2) is 73.8 Å². The molecule has 0 saturated heterocycles. The first kappa shape index (κ1) is 16.4. The van der Waals surface area contributed by atoms with Crippen molar-refractivity contribution >= 4 is 55.2 Å². The summed E-state index contributed by atoms with van der Waals surface area (Å²) in [5.74, 6) is 0. The minimum absolute atomic E-state index is 1.19. The van der Waals surface area contributed by atoms with Crippen LogP contribution in [-0.4, -0.2) is 0 Å². The van der Waals surface area contributed by atoms with E-state index in [0.29, 0.717) is 0 Å². The summed E-state index contributed by atoms with van der Waals surface area (Å²) >= 11 is 0. The first-order valence-corrected chi connectivity index (χ1v) is 9.20. The van der Waals surface area contributed by atoms with Crippen LogP contribution in [-0.2, 0) is 0 Å². The molecule has 0 aromatic heterocycles. The van der Waals surface area contributed by atoms with Crippen molar-refractivity contribution in [2.24, 2.45) is 0 Å². The highest BCUT2D eigenvalue weighted by Gasteiger charge is 2.15. The third-order valence-corrected chi connectivity index (χ3v) is 5.13. The van der Waals surface area contributed by atoms with Gasteiger partial charge < -0.3 is 0 Å². The van der Waals surface area contributed by atoms with Crippen molar-refractivity contribution in [1.29, 1.82) is 0 Å². The standard InChI is InChI=1S/C24H16.C2H6/c1-3-15-11-13-17-7-6-10-20-22-16(4-2)12-14-18-8-5-9-19(24(18)22)21(15)23(17)20;1-2/h3-14H,1-2H2;1-2H3. The molecule has 0 atom stereocenters. The summed E-state index contributed by atoms with van der Waals surface area (Å²) in [5.41, 5.74) is 2.38. The summed E-state index contributed by atoms with van der Waals surface area (Å²) in [6.45, 7) is 12.1. The molecule has 126 valence electrons. The van der Waals surface area contributed by atoms with E-state index in [9.17, 15) is 0 Å². The van der Waals surface area contributed by atoms with Gasteiger partial charge in [-0.05, 0) is 54.2 Å². The fourth-order valence-electron chi connectivity index (χ4n) is 4.13. The number of rotatable bonds is 2. The van der Waals surface area contributed by atoms with Crippen LogP contribution in [0.25, 0.3) is 55.2 Å². The van der Waals surface area contributed by atoms with E-state index in [4.69, 9.17) is 0 Å². The van der Waals surface area contributed by atoms with E-state index >= 15 is 0 Å². The van der Waals surface area contributed by atoms with Crippen LogP contribution in [0.5, 0.6) is 0 Å². The second-order valence-corrected chi connectivity index (χ2v) is 6.28. The van der Waals surface area contributed by atoms with Gasteiger partial charge in [0.05, 0.1) is 0 Å². The summed E-state index contributed by atoms with van der Waals surface area (Å²) in [5, 5.41) is 10.4. The average molecular weight is 334 g/mol. The largest absolute Gasteiger partial charge is 0.0984 e. The molecule has 0 bridgehead atoms. The maximum atomic E-state index is 4.04. The number of fused-ring (bicyclic) bond motifs is 2. The molecule has 0 N–H and O–H groups in total. The summed E-state index contributed by atoms with van der Waals surface area (Å²) in [6, 6.07) is 21.9. The van der Waals surface area contributed by atoms with Gasteiger partial charge in [0.1, 0.15) is 0 Å². The third kappa shape index (κ3) is 2.09. The lowest BCUT2D eigenvalue weighted by molar-refractivity contribution is 1.50. The van der Waals surface area contributed by atoms with Crippen molar-refractivity contribution in [3.63, 3.8) is 0 Å². The smallest absolute Gasteiger partial charge is 0.00201 e. The lowest BCUT2D eigenvalue weighted by atomic mass is 9.86. The highest BCUT2D eigenvalue weighted by atomic mass is 14.2. The van der Waals surface area contributed by atoms with E-state index in [1.807, 2.05) is 26.0 Å². The van der Waals surface area contributed by atoms with Gasteiger partial charge >= 0.3 is 0 Å².